The number of hydrogen-bond acceptors (Lipinski definition) is 2. The van der Waals surface area contributed by atoms with Crippen molar-refractivity contribution < 1.29 is 4.79 Å². The third-order valence-corrected chi connectivity index (χ3v) is 4.95. The number of amides is 1. The first-order valence-electron chi connectivity index (χ1n) is 7.41. The molecule has 2 bridgehead atoms. The maximum atomic E-state index is 12.4. The van der Waals surface area contributed by atoms with Crippen LogP contribution in [0, 0.1) is 5.92 Å². The van der Waals surface area contributed by atoms with Gasteiger partial charge < -0.3 is 10.2 Å². The number of benzene rings is 2. The number of rotatable bonds is 2. The Labute approximate surface area is 128 Å². The van der Waals surface area contributed by atoms with Gasteiger partial charge in [0.2, 0.25) is 0 Å². The molecular formula is C17H17ClN2O. The second kappa shape index (κ2) is 5.00. The highest BCUT2D eigenvalue weighted by Crippen LogP contribution is 2.28. The lowest BCUT2D eigenvalue weighted by Crippen LogP contribution is -2.43. The summed E-state index contributed by atoms with van der Waals surface area (Å²) < 4.78 is 0. The van der Waals surface area contributed by atoms with Crippen LogP contribution in [-0.4, -0.2) is 36.5 Å². The number of hydrogen-bond donors (Lipinski definition) is 1. The molecule has 2 fully saturated rings. The summed E-state index contributed by atoms with van der Waals surface area (Å²) >= 11 is 6.02. The molecule has 0 aromatic heterocycles. The lowest BCUT2D eigenvalue weighted by atomic mass is 9.99. The molecule has 2 saturated heterocycles. The van der Waals surface area contributed by atoms with E-state index < -0.39 is 0 Å². The van der Waals surface area contributed by atoms with E-state index in [1.165, 1.54) is 13.0 Å². The predicted octanol–water partition coefficient (Wildman–Crippen LogP) is 2.93. The topological polar surface area (TPSA) is 32.3 Å². The fourth-order valence-electron chi connectivity index (χ4n) is 3.56. The van der Waals surface area contributed by atoms with E-state index in [0.29, 0.717) is 22.5 Å². The average molecular weight is 301 g/mol. The maximum Gasteiger partial charge on any atom is 0.251 e. The molecule has 2 aliphatic rings. The maximum absolute atomic E-state index is 12.4. The second-order valence-electron chi connectivity index (χ2n) is 6.09. The largest absolute Gasteiger partial charge is 0.348 e. The number of carbonyl (C=O) groups excluding carboxylic acids is 1. The Bertz CT molecular complexity index is 715. The van der Waals surface area contributed by atoms with Crippen molar-refractivity contribution in [1.29, 1.82) is 0 Å². The van der Waals surface area contributed by atoms with E-state index in [0.717, 1.165) is 23.9 Å². The molecule has 2 aromatic rings. The smallest absolute Gasteiger partial charge is 0.251 e. The van der Waals surface area contributed by atoms with Crippen LogP contribution in [0.1, 0.15) is 16.8 Å². The molecule has 4 rings (SSSR count). The van der Waals surface area contributed by atoms with Gasteiger partial charge in [-0.2, -0.15) is 0 Å². The molecule has 1 N–H and O–H groups in total. The zero-order valence-electron chi connectivity index (χ0n) is 11.7. The number of piperidine rings is 1. The minimum atomic E-state index is 0.0237. The fourth-order valence-corrected chi connectivity index (χ4v) is 3.74. The Morgan fingerprint density at radius 2 is 2.00 bits per heavy atom. The van der Waals surface area contributed by atoms with Gasteiger partial charge >= 0.3 is 0 Å². The quantitative estimate of drug-likeness (QED) is 0.925. The zero-order valence-corrected chi connectivity index (χ0v) is 12.4. The van der Waals surface area contributed by atoms with Crippen LogP contribution in [0.4, 0.5) is 0 Å². The van der Waals surface area contributed by atoms with E-state index in [4.69, 9.17) is 11.6 Å². The molecule has 4 heteroatoms. The van der Waals surface area contributed by atoms with Crippen molar-refractivity contribution >= 4 is 28.3 Å². The predicted molar refractivity (Wildman–Crippen MR) is 84.8 cm³/mol. The van der Waals surface area contributed by atoms with Gasteiger partial charge in [0.15, 0.2) is 0 Å². The molecule has 108 valence electrons. The van der Waals surface area contributed by atoms with Crippen LogP contribution < -0.4 is 5.32 Å². The van der Waals surface area contributed by atoms with Gasteiger partial charge in [0, 0.05) is 29.7 Å². The number of nitrogens with one attached hydrogen (secondary N) is 1. The number of halogens is 1. The van der Waals surface area contributed by atoms with Gasteiger partial charge in [0.05, 0.1) is 0 Å². The van der Waals surface area contributed by atoms with Crippen molar-refractivity contribution in [3.05, 3.63) is 47.0 Å². The summed E-state index contributed by atoms with van der Waals surface area (Å²) in [6, 6.07) is 11.8. The van der Waals surface area contributed by atoms with E-state index >= 15 is 0 Å². The van der Waals surface area contributed by atoms with Crippen LogP contribution in [0.2, 0.25) is 5.02 Å². The molecule has 0 spiro atoms. The second-order valence-corrected chi connectivity index (χ2v) is 6.53. The van der Waals surface area contributed by atoms with Gasteiger partial charge in [0.25, 0.3) is 5.91 Å². The van der Waals surface area contributed by atoms with E-state index in [2.05, 4.69) is 10.2 Å². The monoisotopic (exact) mass is 300 g/mol. The number of fused-ring (bicyclic) bond motifs is 3. The summed E-state index contributed by atoms with van der Waals surface area (Å²) in [7, 11) is 0. The van der Waals surface area contributed by atoms with Crippen molar-refractivity contribution in [2.24, 2.45) is 5.92 Å². The summed E-state index contributed by atoms with van der Waals surface area (Å²) in [4.78, 5) is 14.9. The molecule has 2 heterocycles. The molecule has 21 heavy (non-hydrogen) atoms. The Morgan fingerprint density at radius 3 is 2.76 bits per heavy atom. The summed E-state index contributed by atoms with van der Waals surface area (Å²) in [6.45, 7) is 3.32. The van der Waals surface area contributed by atoms with Crippen LogP contribution in [-0.2, 0) is 0 Å². The van der Waals surface area contributed by atoms with Crippen molar-refractivity contribution in [1.82, 2.24) is 10.2 Å². The molecule has 1 amide bonds. The lowest BCUT2D eigenvalue weighted by Gasteiger charge is -2.23. The van der Waals surface area contributed by atoms with Gasteiger partial charge in [-0.15, -0.1) is 0 Å². The summed E-state index contributed by atoms with van der Waals surface area (Å²) in [5.74, 6) is 0.652. The highest BCUT2D eigenvalue weighted by molar-refractivity contribution is 6.31. The van der Waals surface area contributed by atoms with Crippen LogP contribution in [0.15, 0.2) is 36.4 Å². The Kier molecular flexibility index (Phi) is 3.12. The van der Waals surface area contributed by atoms with Crippen molar-refractivity contribution in [3.63, 3.8) is 0 Å². The van der Waals surface area contributed by atoms with Gasteiger partial charge in [-0.3, -0.25) is 4.79 Å². The lowest BCUT2D eigenvalue weighted by molar-refractivity contribution is 0.0924. The van der Waals surface area contributed by atoms with E-state index in [9.17, 15) is 4.79 Å². The fraction of sp³-hybridized carbons (Fsp3) is 0.353. The molecular weight excluding hydrogens is 284 g/mol. The van der Waals surface area contributed by atoms with E-state index in [1.54, 1.807) is 0 Å². The van der Waals surface area contributed by atoms with Crippen LogP contribution >= 0.6 is 11.6 Å². The standard InChI is InChI=1S/C17H17ClN2O/c18-15-4-3-11-1-2-12(7-14(11)8-15)17(21)19-16-10-20-6-5-13(16)9-20/h1-4,7-8,13,16H,5-6,9-10H2,(H,19,21)/t13-,16?/m0/s1. The van der Waals surface area contributed by atoms with Gasteiger partial charge in [-0.1, -0.05) is 23.7 Å². The normalized spacial score (nSPS) is 27.2. The molecule has 3 nitrogen and oxygen atoms in total. The number of carbonyl (C=O) groups is 1. The van der Waals surface area contributed by atoms with Crippen molar-refractivity contribution in [3.8, 4) is 0 Å². The zero-order chi connectivity index (χ0) is 14.4. The van der Waals surface area contributed by atoms with Gasteiger partial charge in [-0.05, 0) is 53.9 Å². The SMILES string of the molecule is O=C(NC1CN2CC[C@H]1C2)c1ccc2ccc(Cl)cc2c1. The van der Waals surface area contributed by atoms with Gasteiger partial charge in [-0.25, -0.2) is 0 Å². The Hall–Kier alpha value is -1.58. The molecule has 3 atom stereocenters. The Balaban J connectivity index is 1.56. The molecule has 0 saturated carbocycles. The first-order valence-corrected chi connectivity index (χ1v) is 7.79. The number of nitrogens with zero attached hydrogens (tertiary/aromatic N) is 1. The minimum Gasteiger partial charge on any atom is -0.348 e. The van der Waals surface area contributed by atoms with E-state index in [-0.39, 0.29) is 5.91 Å². The van der Waals surface area contributed by atoms with Crippen molar-refractivity contribution in [2.45, 2.75) is 12.5 Å². The molecule has 2 aliphatic heterocycles. The van der Waals surface area contributed by atoms with Crippen LogP contribution in [0.25, 0.3) is 10.8 Å². The molecule has 2 unspecified atom stereocenters. The Morgan fingerprint density at radius 1 is 1.14 bits per heavy atom. The van der Waals surface area contributed by atoms with E-state index in [1.807, 2.05) is 36.4 Å². The average Bonchev–Trinajstić information content (AvgIpc) is 3.09. The van der Waals surface area contributed by atoms with Crippen LogP contribution in [0.5, 0.6) is 0 Å². The van der Waals surface area contributed by atoms with Gasteiger partial charge in [0.1, 0.15) is 0 Å². The van der Waals surface area contributed by atoms with Crippen molar-refractivity contribution in [2.75, 3.05) is 19.6 Å². The van der Waals surface area contributed by atoms with Crippen LogP contribution in [0.3, 0.4) is 0 Å². The molecule has 0 aliphatic carbocycles. The highest BCUT2D eigenvalue weighted by Gasteiger charge is 2.38. The molecule has 0 radical (unpaired) electrons. The minimum absolute atomic E-state index is 0.0237. The first-order chi connectivity index (χ1) is 10.2. The molecule has 2 aromatic carbocycles. The highest BCUT2D eigenvalue weighted by atomic mass is 35.5. The summed E-state index contributed by atoms with van der Waals surface area (Å²) in [5, 5.41) is 5.99. The first kappa shape index (κ1) is 13.1. The third kappa shape index (κ3) is 2.41. The summed E-state index contributed by atoms with van der Waals surface area (Å²) in [6.07, 6.45) is 1.21. The summed E-state index contributed by atoms with van der Waals surface area (Å²) in [5.41, 5.74) is 0.711. The third-order valence-electron chi connectivity index (χ3n) is 4.71.